The average Bonchev–Trinajstić information content (AvgIpc) is 3.76. The molecular formula is C52H37N3. The van der Waals surface area contributed by atoms with Gasteiger partial charge in [0.1, 0.15) is 0 Å². The van der Waals surface area contributed by atoms with Crippen LogP contribution in [0.5, 0.6) is 0 Å². The summed E-state index contributed by atoms with van der Waals surface area (Å²) in [4.78, 5) is 10.6. The summed E-state index contributed by atoms with van der Waals surface area (Å²) in [7, 11) is 0. The van der Waals surface area contributed by atoms with Crippen LogP contribution in [0, 0.1) is 0 Å². The minimum absolute atomic E-state index is 0.714. The van der Waals surface area contributed by atoms with Gasteiger partial charge in [0.2, 0.25) is 0 Å². The monoisotopic (exact) mass is 703 g/mol. The molecule has 0 atom stereocenters. The first-order valence-corrected chi connectivity index (χ1v) is 18.8. The van der Waals surface area contributed by atoms with Gasteiger partial charge in [-0.2, -0.15) is 0 Å². The number of aromatic nitrogens is 3. The number of rotatable bonds is 7. The van der Waals surface area contributed by atoms with Crippen LogP contribution in [-0.2, 0) is 6.42 Å². The van der Waals surface area contributed by atoms with Gasteiger partial charge in [-0.3, -0.25) is 0 Å². The van der Waals surface area contributed by atoms with Crippen molar-refractivity contribution in [3.63, 3.8) is 0 Å². The van der Waals surface area contributed by atoms with Crippen molar-refractivity contribution in [2.75, 3.05) is 0 Å². The third-order valence-electron chi connectivity index (χ3n) is 11.1. The highest BCUT2D eigenvalue weighted by molar-refractivity contribution is 6.10. The highest BCUT2D eigenvalue weighted by atomic mass is 15.0. The lowest BCUT2D eigenvalue weighted by Gasteiger charge is -2.13. The van der Waals surface area contributed by atoms with Crippen molar-refractivity contribution in [3.05, 3.63) is 205 Å². The Morgan fingerprint density at radius 3 is 2.09 bits per heavy atom. The van der Waals surface area contributed by atoms with Gasteiger partial charge in [-0.1, -0.05) is 146 Å². The van der Waals surface area contributed by atoms with Crippen LogP contribution in [-0.4, -0.2) is 14.5 Å². The number of nitrogens with zero attached hydrogens (tertiary/aromatic N) is 3. The second-order valence-electron chi connectivity index (χ2n) is 14.2. The van der Waals surface area contributed by atoms with E-state index in [0.29, 0.717) is 5.82 Å². The van der Waals surface area contributed by atoms with Crippen molar-refractivity contribution in [1.29, 1.82) is 0 Å². The molecule has 0 radical (unpaired) electrons. The predicted molar refractivity (Wildman–Crippen MR) is 231 cm³/mol. The molecule has 0 saturated carbocycles. The molecule has 2 aromatic heterocycles. The Morgan fingerprint density at radius 2 is 1.24 bits per heavy atom. The van der Waals surface area contributed by atoms with E-state index in [9.17, 15) is 0 Å². The van der Waals surface area contributed by atoms with E-state index in [0.717, 1.165) is 51.0 Å². The Balaban J connectivity index is 1.09. The first-order valence-electron chi connectivity index (χ1n) is 18.8. The molecule has 55 heavy (non-hydrogen) atoms. The van der Waals surface area contributed by atoms with E-state index in [1.54, 1.807) is 0 Å². The minimum atomic E-state index is 0.714. The lowest BCUT2D eigenvalue weighted by molar-refractivity contribution is 1.18. The van der Waals surface area contributed by atoms with E-state index in [2.05, 4.69) is 188 Å². The molecule has 0 bridgehead atoms. The van der Waals surface area contributed by atoms with Crippen LogP contribution in [0.3, 0.4) is 0 Å². The third-order valence-corrected chi connectivity index (χ3v) is 11.1. The van der Waals surface area contributed by atoms with Gasteiger partial charge in [0.25, 0.3) is 0 Å². The summed E-state index contributed by atoms with van der Waals surface area (Å²) in [6.07, 6.45) is 6.96. The zero-order valence-corrected chi connectivity index (χ0v) is 30.6. The van der Waals surface area contributed by atoms with Crippen molar-refractivity contribution >= 4 is 38.3 Å². The fraction of sp³-hybridized carbons (Fsp3) is 0.0385. The number of hydrogen-bond donors (Lipinski definition) is 0. The first kappa shape index (κ1) is 32.5. The van der Waals surface area contributed by atoms with Crippen molar-refractivity contribution in [3.8, 4) is 50.6 Å². The highest BCUT2D eigenvalue weighted by Gasteiger charge is 2.21. The number of benzene rings is 7. The molecular weight excluding hydrogens is 667 g/mol. The number of allylic oxidation sites excluding steroid dienone is 5. The quantitative estimate of drug-likeness (QED) is 0.155. The summed E-state index contributed by atoms with van der Waals surface area (Å²) in [5.41, 5.74) is 17.4. The molecule has 1 aliphatic rings. The number of hydrogen-bond acceptors (Lipinski definition) is 2. The summed E-state index contributed by atoms with van der Waals surface area (Å²) >= 11 is 0. The summed E-state index contributed by atoms with van der Waals surface area (Å²) in [6.45, 7) is 6.09. The van der Waals surface area contributed by atoms with Gasteiger partial charge in [0.15, 0.2) is 5.82 Å². The Morgan fingerprint density at radius 1 is 0.545 bits per heavy atom. The van der Waals surface area contributed by atoms with Gasteiger partial charge in [0, 0.05) is 33.0 Å². The highest BCUT2D eigenvalue weighted by Crippen LogP contribution is 2.41. The Kier molecular flexibility index (Phi) is 7.92. The fourth-order valence-corrected chi connectivity index (χ4v) is 8.35. The summed E-state index contributed by atoms with van der Waals surface area (Å²) in [5, 5.41) is 3.51. The summed E-state index contributed by atoms with van der Waals surface area (Å²) in [5.74, 6) is 0.714. The van der Waals surface area contributed by atoms with Gasteiger partial charge in [-0.15, -0.1) is 0 Å². The maximum absolute atomic E-state index is 5.33. The third kappa shape index (κ3) is 5.60. The van der Waals surface area contributed by atoms with Crippen molar-refractivity contribution in [2.45, 2.75) is 13.3 Å². The second kappa shape index (κ2) is 13.4. The van der Waals surface area contributed by atoms with E-state index < -0.39 is 0 Å². The van der Waals surface area contributed by atoms with E-state index >= 15 is 0 Å². The minimum Gasteiger partial charge on any atom is -0.309 e. The van der Waals surface area contributed by atoms with E-state index in [-0.39, 0.29) is 0 Å². The molecule has 0 saturated heterocycles. The molecule has 10 rings (SSSR count). The van der Waals surface area contributed by atoms with Gasteiger partial charge >= 0.3 is 0 Å². The normalized spacial score (nSPS) is 12.7. The Bertz CT molecular complexity index is 3020. The van der Waals surface area contributed by atoms with E-state index in [1.807, 2.05) is 12.2 Å². The zero-order chi connectivity index (χ0) is 36.9. The number of fused-ring (bicyclic) bond motifs is 5. The molecule has 3 heteroatoms. The molecule has 2 heterocycles. The Hall–Kier alpha value is -7.10. The maximum atomic E-state index is 5.33. The lowest BCUT2D eigenvalue weighted by atomic mass is 9.94. The molecule has 0 fully saturated rings. The van der Waals surface area contributed by atoms with Crippen LogP contribution < -0.4 is 0 Å². The molecule has 9 aromatic rings. The largest absolute Gasteiger partial charge is 0.309 e. The molecule has 1 aliphatic carbocycles. The van der Waals surface area contributed by atoms with Crippen molar-refractivity contribution < 1.29 is 0 Å². The number of para-hydroxylation sites is 2. The van der Waals surface area contributed by atoms with Crippen LogP contribution in [0.15, 0.2) is 194 Å². The van der Waals surface area contributed by atoms with Gasteiger partial charge in [0.05, 0.1) is 22.2 Å². The second-order valence-corrected chi connectivity index (χ2v) is 14.2. The molecule has 0 unspecified atom stereocenters. The molecule has 0 amide bonds. The fourth-order valence-electron chi connectivity index (χ4n) is 8.35. The zero-order valence-electron chi connectivity index (χ0n) is 30.6. The van der Waals surface area contributed by atoms with Crippen LogP contribution in [0.4, 0.5) is 0 Å². The molecule has 7 aromatic carbocycles. The molecule has 260 valence electrons. The summed E-state index contributed by atoms with van der Waals surface area (Å²) in [6, 6.07) is 58.5. The van der Waals surface area contributed by atoms with E-state index in [4.69, 9.17) is 9.97 Å². The van der Waals surface area contributed by atoms with Gasteiger partial charge in [-0.25, -0.2) is 9.97 Å². The first-order chi connectivity index (χ1) is 27.1. The van der Waals surface area contributed by atoms with E-state index in [1.165, 1.54) is 55.2 Å². The SMILES string of the molecule is C=C/C=C\C1=C(C)c2cccc(-c3cccc(-c4nc(-c5ccccc5)c5cc(-c6ccc7c8ccccc8n(-c8ccccc8)c7c6)ccc5n4)c3)c2C1. The Labute approximate surface area is 320 Å². The van der Waals surface area contributed by atoms with Crippen molar-refractivity contribution in [2.24, 2.45) is 0 Å². The van der Waals surface area contributed by atoms with Crippen LogP contribution in [0.2, 0.25) is 0 Å². The van der Waals surface area contributed by atoms with Gasteiger partial charge in [-0.05, 0) is 100 Å². The van der Waals surface area contributed by atoms with Crippen LogP contribution >= 0.6 is 0 Å². The van der Waals surface area contributed by atoms with Crippen LogP contribution in [0.1, 0.15) is 18.1 Å². The standard InChI is InChI=1S/C52H37N3/c1-3-4-15-36-31-46-42(34(36)2)23-14-24-43(46)39-18-13-19-40(30-39)52-53-48-29-27-37(32-47(48)51(54-52)35-16-7-5-8-17-35)38-26-28-45-44-22-11-12-25-49(44)55(50(45)33-38)41-20-9-6-10-21-41/h3-30,32-33H,1,31H2,2H3/b15-4-. The molecule has 0 aliphatic heterocycles. The average molecular weight is 704 g/mol. The molecule has 0 N–H and O–H groups in total. The smallest absolute Gasteiger partial charge is 0.160 e. The topological polar surface area (TPSA) is 30.7 Å². The van der Waals surface area contributed by atoms with Crippen molar-refractivity contribution in [1.82, 2.24) is 14.5 Å². The van der Waals surface area contributed by atoms with Crippen LogP contribution in [0.25, 0.3) is 88.9 Å². The predicted octanol–water partition coefficient (Wildman–Crippen LogP) is 13.5. The maximum Gasteiger partial charge on any atom is 0.160 e. The van der Waals surface area contributed by atoms with Gasteiger partial charge < -0.3 is 4.57 Å². The molecule has 0 spiro atoms. The molecule has 3 nitrogen and oxygen atoms in total. The summed E-state index contributed by atoms with van der Waals surface area (Å²) < 4.78 is 2.37. The lowest BCUT2D eigenvalue weighted by Crippen LogP contribution is -1.97.